The molecular weight excluding hydrogens is 510 g/mol. The molecule has 11 heteroatoms. The van der Waals surface area contributed by atoms with Gasteiger partial charge >= 0.3 is 0 Å². The van der Waals surface area contributed by atoms with E-state index < -0.39 is 35.0 Å². The van der Waals surface area contributed by atoms with E-state index >= 15 is 0 Å². The summed E-state index contributed by atoms with van der Waals surface area (Å²) < 4.78 is 24.9. The van der Waals surface area contributed by atoms with Crippen LogP contribution in [0.25, 0.3) is 32.9 Å². The number of hydrogen-bond donors (Lipinski definition) is 4. The van der Waals surface area contributed by atoms with Crippen LogP contribution in [0.5, 0.6) is 23.0 Å². The quantitative estimate of drug-likeness (QED) is 0.285. The summed E-state index contributed by atoms with van der Waals surface area (Å²) in [5.41, 5.74) is 0.276. The van der Waals surface area contributed by atoms with E-state index in [0.717, 1.165) is 0 Å². The van der Waals surface area contributed by atoms with Gasteiger partial charge in [0.2, 0.25) is 5.43 Å². The number of aromatic hydroxyl groups is 2. The number of nitrogens with zero attached hydrogens (tertiary/aromatic N) is 1. The lowest BCUT2D eigenvalue weighted by Gasteiger charge is -2.35. The molecule has 7 rings (SSSR count). The lowest BCUT2D eigenvalue weighted by Crippen LogP contribution is -2.27. The Kier molecular flexibility index (Phi) is 4.91. The van der Waals surface area contributed by atoms with Crippen LogP contribution in [0.15, 0.2) is 20.1 Å². The number of aryl methyl sites for hydroxylation is 1. The maximum atomic E-state index is 13.7. The van der Waals surface area contributed by atoms with Crippen molar-refractivity contribution in [2.75, 3.05) is 13.9 Å². The number of aliphatic hydroxyl groups is 2. The number of phenols is 2. The van der Waals surface area contributed by atoms with Gasteiger partial charge in [-0.25, -0.2) is 0 Å². The molecule has 202 valence electrons. The molecule has 0 saturated carbocycles. The van der Waals surface area contributed by atoms with E-state index in [1.165, 1.54) is 11.7 Å². The second-order valence-corrected chi connectivity index (χ2v) is 10.3. The van der Waals surface area contributed by atoms with Crippen LogP contribution >= 0.6 is 0 Å². The second kappa shape index (κ2) is 7.98. The Bertz CT molecular complexity index is 1890. The van der Waals surface area contributed by atoms with Gasteiger partial charge < -0.3 is 43.6 Å². The molecule has 3 heterocycles. The first kappa shape index (κ1) is 24.0. The Morgan fingerprint density at radius 1 is 1.03 bits per heavy atom. The molecule has 0 fully saturated rings. The third-order valence-corrected chi connectivity index (χ3v) is 8.32. The largest absolute Gasteiger partial charge is 0.506 e. The van der Waals surface area contributed by atoms with Gasteiger partial charge in [0.05, 0.1) is 30.3 Å². The van der Waals surface area contributed by atoms with Gasteiger partial charge in [0.25, 0.3) is 5.56 Å². The van der Waals surface area contributed by atoms with Crippen LogP contribution in [-0.4, -0.2) is 38.9 Å². The van der Waals surface area contributed by atoms with E-state index in [0.29, 0.717) is 28.0 Å². The Morgan fingerprint density at radius 3 is 2.49 bits per heavy atom. The maximum absolute atomic E-state index is 13.7. The zero-order valence-electron chi connectivity index (χ0n) is 21.3. The number of methoxy groups -OCH3 is 1. The molecule has 2 aromatic heterocycles. The lowest BCUT2D eigenvalue weighted by atomic mass is 9.78. The first-order valence-corrected chi connectivity index (χ1v) is 12.6. The van der Waals surface area contributed by atoms with Gasteiger partial charge in [-0.3, -0.25) is 9.59 Å². The molecule has 39 heavy (non-hydrogen) atoms. The molecule has 4 N–H and O–H groups in total. The van der Waals surface area contributed by atoms with Crippen molar-refractivity contribution in [3.63, 3.8) is 0 Å². The minimum absolute atomic E-state index is 0.000154. The number of aromatic nitrogens is 1. The Hall–Kier alpha value is -4.06. The van der Waals surface area contributed by atoms with E-state index in [1.54, 1.807) is 20.0 Å². The number of aliphatic hydroxyl groups excluding tert-OH is 2. The molecule has 4 aromatic rings. The monoisotopic (exact) mass is 535 g/mol. The molecular formula is C28H25NO10. The van der Waals surface area contributed by atoms with Gasteiger partial charge in [-0.2, -0.15) is 0 Å². The number of phenolic OH excluding ortho intramolecular Hbond substituents is 2. The minimum Gasteiger partial charge on any atom is -0.506 e. The summed E-state index contributed by atoms with van der Waals surface area (Å²) in [5.74, 6) is -0.496. The van der Waals surface area contributed by atoms with Crippen molar-refractivity contribution < 1.29 is 39.1 Å². The highest BCUT2D eigenvalue weighted by Gasteiger charge is 2.42. The number of fused-ring (bicyclic) bond motifs is 6. The Morgan fingerprint density at radius 2 is 1.74 bits per heavy atom. The van der Waals surface area contributed by atoms with Crippen LogP contribution in [-0.2, 0) is 18.2 Å². The Labute approximate surface area is 220 Å². The molecule has 0 bridgehead atoms. The molecule has 1 aliphatic heterocycles. The third-order valence-electron chi connectivity index (χ3n) is 8.32. The first-order valence-electron chi connectivity index (χ1n) is 12.6. The minimum atomic E-state index is -1.19. The summed E-state index contributed by atoms with van der Waals surface area (Å²) >= 11 is 0. The average molecular weight is 536 g/mol. The standard InChI is InChI=1S/C28H25NO10/c1-9-6-10-16(28(35)29(9)2)22(33)19-15-11(7-14-18(19)24(10)38-8-37-14)25(36-3)27-20(21(15)32)23(34)17-12(30)4-5-13(31)26(17)39-27/h6,12-14,30-33H,4-5,7-8H2,1-3H3. The van der Waals surface area contributed by atoms with Gasteiger partial charge in [0.1, 0.15) is 34.5 Å². The first-order chi connectivity index (χ1) is 18.6. The summed E-state index contributed by atoms with van der Waals surface area (Å²) in [6.45, 7) is 1.67. The van der Waals surface area contributed by atoms with Crippen LogP contribution in [0.2, 0.25) is 0 Å². The molecule has 0 spiro atoms. The van der Waals surface area contributed by atoms with Gasteiger partial charge in [-0.15, -0.1) is 0 Å². The zero-order chi connectivity index (χ0) is 27.5. The second-order valence-electron chi connectivity index (χ2n) is 10.3. The number of ether oxygens (including phenoxy) is 3. The molecule has 11 nitrogen and oxygen atoms in total. The molecule has 0 amide bonds. The number of hydrogen-bond acceptors (Lipinski definition) is 10. The fourth-order valence-corrected chi connectivity index (χ4v) is 6.35. The van der Waals surface area contributed by atoms with E-state index in [4.69, 9.17) is 18.6 Å². The predicted molar refractivity (Wildman–Crippen MR) is 137 cm³/mol. The van der Waals surface area contributed by atoms with Gasteiger partial charge in [0.15, 0.2) is 18.1 Å². The smallest absolute Gasteiger partial charge is 0.262 e. The van der Waals surface area contributed by atoms with Crippen LogP contribution in [0, 0.1) is 6.92 Å². The lowest BCUT2D eigenvalue weighted by molar-refractivity contribution is -0.0587. The van der Waals surface area contributed by atoms with Crippen molar-refractivity contribution in [1.82, 2.24) is 4.57 Å². The fourth-order valence-electron chi connectivity index (χ4n) is 6.35. The molecule has 3 unspecified atom stereocenters. The molecule has 3 aliphatic rings. The number of rotatable bonds is 1. The van der Waals surface area contributed by atoms with Crippen LogP contribution in [0.4, 0.5) is 0 Å². The third kappa shape index (κ3) is 2.92. The molecule has 2 aromatic carbocycles. The average Bonchev–Trinajstić information content (AvgIpc) is 2.91. The fraction of sp³-hybridized carbons (Fsp3) is 0.357. The number of pyridine rings is 1. The highest BCUT2D eigenvalue weighted by molar-refractivity contribution is 6.07. The van der Waals surface area contributed by atoms with Gasteiger partial charge in [-0.1, -0.05) is 0 Å². The van der Waals surface area contributed by atoms with Crippen LogP contribution in [0.1, 0.15) is 59.3 Å². The highest BCUT2D eigenvalue weighted by atomic mass is 16.7. The normalized spacial score (nSPS) is 21.3. The molecule has 3 atom stereocenters. The molecule has 0 saturated heterocycles. The van der Waals surface area contributed by atoms with E-state index in [1.807, 2.05) is 0 Å². The maximum Gasteiger partial charge on any atom is 0.262 e. The van der Waals surface area contributed by atoms with Crippen molar-refractivity contribution in [3.05, 3.63) is 54.8 Å². The van der Waals surface area contributed by atoms with Crippen molar-refractivity contribution in [1.29, 1.82) is 0 Å². The van der Waals surface area contributed by atoms with Crippen molar-refractivity contribution >= 4 is 21.7 Å². The van der Waals surface area contributed by atoms with Crippen LogP contribution in [0.3, 0.4) is 0 Å². The predicted octanol–water partition coefficient (Wildman–Crippen LogP) is 2.86. The van der Waals surface area contributed by atoms with Gasteiger partial charge in [0, 0.05) is 46.8 Å². The van der Waals surface area contributed by atoms with Gasteiger partial charge in [-0.05, 0) is 25.8 Å². The van der Waals surface area contributed by atoms with Crippen molar-refractivity contribution in [2.24, 2.45) is 7.05 Å². The van der Waals surface area contributed by atoms with Crippen molar-refractivity contribution in [2.45, 2.75) is 44.5 Å². The summed E-state index contributed by atoms with van der Waals surface area (Å²) in [4.78, 5) is 27.1. The van der Waals surface area contributed by atoms with E-state index in [2.05, 4.69) is 0 Å². The van der Waals surface area contributed by atoms with Crippen LogP contribution < -0.4 is 20.5 Å². The summed E-state index contributed by atoms with van der Waals surface area (Å²) in [6.07, 6.45) is -2.41. The Balaban J connectivity index is 1.69. The van der Waals surface area contributed by atoms with E-state index in [9.17, 15) is 30.0 Å². The summed E-state index contributed by atoms with van der Waals surface area (Å²) in [7, 11) is 2.96. The van der Waals surface area contributed by atoms with Crippen molar-refractivity contribution in [3.8, 4) is 34.1 Å². The molecule has 2 aliphatic carbocycles. The highest BCUT2D eigenvalue weighted by Crippen LogP contribution is 2.59. The summed E-state index contributed by atoms with van der Waals surface area (Å²) in [5, 5.41) is 44.6. The number of benzene rings is 2. The zero-order valence-corrected chi connectivity index (χ0v) is 21.3. The SMILES string of the molecule is COc1c2c(c(O)c3c(=O)c4c(oc13)C(O)CCC4O)-c1c3c(c4cc(C)n(C)c(=O)c4c1O)OCOC3C2. The molecule has 0 radical (unpaired) electrons. The van der Waals surface area contributed by atoms with E-state index in [-0.39, 0.29) is 76.4 Å². The topological polar surface area (TPSA) is 161 Å². The summed E-state index contributed by atoms with van der Waals surface area (Å²) in [6, 6.07) is 1.75.